The average molecular weight is 409 g/mol. The van der Waals surface area contributed by atoms with Crippen molar-refractivity contribution < 1.29 is 19.2 Å². The summed E-state index contributed by atoms with van der Waals surface area (Å²) in [5.41, 5.74) is 8.52. The molecule has 2 atom stereocenters. The van der Waals surface area contributed by atoms with Crippen LogP contribution in [0.5, 0.6) is 5.75 Å². The Bertz CT molecular complexity index is 1020. The molecule has 0 bridgehead atoms. The zero-order chi connectivity index (χ0) is 21.4. The van der Waals surface area contributed by atoms with E-state index in [4.69, 9.17) is 15.1 Å². The fraction of sp³-hybridized carbons (Fsp3) is 0.450. The minimum Gasteiger partial charge on any atom is -0.536 e. The zero-order valence-electron chi connectivity index (χ0n) is 17.0. The predicted molar refractivity (Wildman–Crippen MR) is 110 cm³/mol. The molecule has 1 fully saturated rings. The third-order valence-corrected chi connectivity index (χ3v) is 5.60. The van der Waals surface area contributed by atoms with Gasteiger partial charge in [-0.1, -0.05) is 13.8 Å². The monoisotopic (exact) mass is 409 g/mol. The lowest BCUT2D eigenvalue weighted by molar-refractivity contribution is 0.0342. The van der Waals surface area contributed by atoms with Gasteiger partial charge in [-0.05, 0) is 29.5 Å². The molecule has 0 saturated carbocycles. The SMILES string of the molecule is CC(C)c1cc(Nc2nn([C@@H]3COCC[C@H]3C#N)cc2C(N)=O)cc2c1CB(O)O2. The minimum atomic E-state index is -0.859. The topological polar surface area (TPSA) is 135 Å². The van der Waals surface area contributed by atoms with Crippen LogP contribution in [0.2, 0.25) is 0 Å². The number of amides is 1. The summed E-state index contributed by atoms with van der Waals surface area (Å²) in [5, 5.41) is 27.0. The summed E-state index contributed by atoms with van der Waals surface area (Å²) in [4.78, 5) is 12.0. The first-order valence-electron chi connectivity index (χ1n) is 10.0. The Balaban J connectivity index is 1.69. The molecule has 0 unspecified atom stereocenters. The Kier molecular flexibility index (Phi) is 5.41. The number of nitrogens with zero attached hydrogens (tertiary/aromatic N) is 3. The molecule has 2 aliphatic rings. The maximum Gasteiger partial charge on any atom is 0.527 e. The second-order valence-corrected chi connectivity index (χ2v) is 8.00. The Morgan fingerprint density at radius 1 is 1.50 bits per heavy atom. The van der Waals surface area contributed by atoms with Gasteiger partial charge >= 0.3 is 7.12 Å². The lowest BCUT2D eigenvalue weighted by Crippen LogP contribution is -2.29. The number of rotatable bonds is 5. The second kappa shape index (κ2) is 8.01. The van der Waals surface area contributed by atoms with E-state index in [2.05, 4.69) is 30.3 Å². The Morgan fingerprint density at radius 2 is 2.30 bits per heavy atom. The van der Waals surface area contributed by atoms with Gasteiger partial charge in [-0.25, -0.2) is 0 Å². The van der Waals surface area contributed by atoms with Crippen molar-refractivity contribution in [3.05, 3.63) is 35.0 Å². The number of nitriles is 1. The number of carbonyl (C=O) groups excluding carboxylic acids is 1. The zero-order valence-corrected chi connectivity index (χ0v) is 17.0. The Morgan fingerprint density at radius 3 is 3.00 bits per heavy atom. The highest BCUT2D eigenvalue weighted by molar-refractivity contribution is 6.44. The van der Waals surface area contributed by atoms with E-state index in [9.17, 15) is 15.1 Å². The van der Waals surface area contributed by atoms with Gasteiger partial charge in [-0.2, -0.15) is 10.4 Å². The van der Waals surface area contributed by atoms with Crippen molar-refractivity contribution in [2.45, 2.75) is 38.5 Å². The molecule has 156 valence electrons. The van der Waals surface area contributed by atoms with Crippen LogP contribution in [0.3, 0.4) is 0 Å². The minimum absolute atomic E-state index is 0.221. The maximum atomic E-state index is 12.0. The first-order chi connectivity index (χ1) is 14.4. The third-order valence-electron chi connectivity index (χ3n) is 5.60. The Hall–Kier alpha value is -3.03. The van der Waals surface area contributed by atoms with E-state index in [1.165, 1.54) is 0 Å². The maximum absolute atomic E-state index is 12.0. The van der Waals surface area contributed by atoms with Gasteiger partial charge in [0.05, 0.1) is 24.6 Å². The van der Waals surface area contributed by atoms with Gasteiger partial charge in [-0.15, -0.1) is 0 Å². The Labute approximate surface area is 174 Å². The molecule has 3 heterocycles. The summed E-state index contributed by atoms with van der Waals surface area (Å²) >= 11 is 0. The summed E-state index contributed by atoms with van der Waals surface area (Å²) in [7, 11) is -0.859. The number of nitrogens with one attached hydrogen (secondary N) is 1. The quantitative estimate of drug-likeness (QED) is 0.642. The molecular weight excluding hydrogens is 385 g/mol. The van der Waals surface area contributed by atoms with Crippen LogP contribution in [0.15, 0.2) is 18.3 Å². The van der Waals surface area contributed by atoms with Gasteiger partial charge in [0.25, 0.3) is 5.91 Å². The van der Waals surface area contributed by atoms with Gasteiger partial charge in [0.1, 0.15) is 11.3 Å². The fourth-order valence-electron chi connectivity index (χ4n) is 4.05. The van der Waals surface area contributed by atoms with E-state index in [0.29, 0.717) is 43.2 Å². The van der Waals surface area contributed by atoms with Crippen LogP contribution in [-0.4, -0.2) is 41.0 Å². The number of benzene rings is 1. The molecule has 4 N–H and O–H groups in total. The third kappa shape index (κ3) is 3.74. The van der Waals surface area contributed by atoms with E-state index < -0.39 is 13.0 Å². The summed E-state index contributed by atoms with van der Waals surface area (Å²) in [6, 6.07) is 5.75. The smallest absolute Gasteiger partial charge is 0.527 e. The van der Waals surface area contributed by atoms with E-state index in [1.807, 2.05) is 6.07 Å². The molecule has 1 aromatic carbocycles. The van der Waals surface area contributed by atoms with Crippen molar-refractivity contribution in [2.24, 2.45) is 11.7 Å². The normalized spacial score (nSPS) is 20.6. The van der Waals surface area contributed by atoms with Crippen LogP contribution in [-0.2, 0) is 11.1 Å². The van der Waals surface area contributed by atoms with Crippen molar-refractivity contribution in [3.8, 4) is 11.8 Å². The van der Waals surface area contributed by atoms with Crippen LogP contribution in [0.1, 0.15) is 53.7 Å². The van der Waals surface area contributed by atoms with Crippen molar-refractivity contribution in [3.63, 3.8) is 0 Å². The lowest BCUT2D eigenvalue weighted by Gasteiger charge is -2.26. The van der Waals surface area contributed by atoms with Gasteiger partial charge < -0.3 is 25.5 Å². The molecule has 9 nitrogen and oxygen atoms in total. The van der Waals surface area contributed by atoms with Crippen molar-refractivity contribution in [1.29, 1.82) is 5.26 Å². The van der Waals surface area contributed by atoms with Gasteiger partial charge in [-0.3, -0.25) is 9.48 Å². The van der Waals surface area contributed by atoms with Crippen LogP contribution in [0, 0.1) is 17.2 Å². The van der Waals surface area contributed by atoms with Gasteiger partial charge in [0.2, 0.25) is 0 Å². The molecule has 2 aromatic rings. The summed E-state index contributed by atoms with van der Waals surface area (Å²) in [6.07, 6.45) is 2.62. The molecule has 4 rings (SSSR count). The van der Waals surface area contributed by atoms with Crippen LogP contribution >= 0.6 is 0 Å². The first kappa shape index (κ1) is 20.3. The van der Waals surface area contributed by atoms with E-state index in [0.717, 1.165) is 11.1 Å². The van der Waals surface area contributed by atoms with Crippen LogP contribution in [0.25, 0.3) is 0 Å². The molecule has 1 aromatic heterocycles. The highest BCUT2D eigenvalue weighted by Crippen LogP contribution is 2.38. The van der Waals surface area contributed by atoms with Crippen molar-refractivity contribution in [2.75, 3.05) is 18.5 Å². The number of ether oxygens (including phenoxy) is 1. The number of carbonyl (C=O) groups is 1. The first-order valence-corrected chi connectivity index (χ1v) is 10.0. The molecular formula is C20H24BN5O4. The van der Waals surface area contributed by atoms with Crippen molar-refractivity contribution >= 4 is 24.5 Å². The molecule has 30 heavy (non-hydrogen) atoms. The molecule has 0 radical (unpaired) electrons. The standard InChI is InChI=1S/C20H24BN5O4/c1-11(2)14-5-13(6-18-15(14)7-21(28)30-18)24-20-16(19(23)27)9-26(25-20)17-10-29-4-3-12(17)8-22/h5-6,9,11-12,17,28H,3-4,7,10H2,1-2H3,(H2,23,27)(H,24,25)/t12-,17+/m0/s1. The summed E-state index contributed by atoms with van der Waals surface area (Å²) in [6.45, 7) is 5.01. The predicted octanol–water partition coefficient (Wildman–Crippen LogP) is 1.90. The summed E-state index contributed by atoms with van der Waals surface area (Å²) < 4.78 is 12.6. The van der Waals surface area contributed by atoms with Crippen molar-refractivity contribution in [1.82, 2.24) is 9.78 Å². The van der Waals surface area contributed by atoms with E-state index in [-0.39, 0.29) is 23.4 Å². The number of fused-ring (bicyclic) bond motifs is 1. The number of nitrogens with two attached hydrogens (primary N) is 1. The highest BCUT2D eigenvalue weighted by Gasteiger charge is 2.32. The molecule has 2 aliphatic heterocycles. The highest BCUT2D eigenvalue weighted by atomic mass is 16.5. The molecule has 0 aliphatic carbocycles. The lowest BCUT2D eigenvalue weighted by atomic mass is 9.81. The molecule has 1 saturated heterocycles. The average Bonchev–Trinajstić information content (AvgIpc) is 3.30. The van der Waals surface area contributed by atoms with Crippen LogP contribution < -0.4 is 15.7 Å². The number of hydrogen-bond donors (Lipinski definition) is 3. The van der Waals surface area contributed by atoms with Gasteiger partial charge in [0, 0.05) is 30.9 Å². The van der Waals surface area contributed by atoms with E-state index in [1.54, 1.807) is 16.9 Å². The van der Waals surface area contributed by atoms with Gasteiger partial charge in [0.15, 0.2) is 5.82 Å². The number of hydrogen-bond acceptors (Lipinski definition) is 7. The number of aromatic nitrogens is 2. The van der Waals surface area contributed by atoms with E-state index >= 15 is 0 Å². The largest absolute Gasteiger partial charge is 0.536 e. The summed E-state index contributed by atoms with van der Waals surface area (Å²) in [5.74, 6) is 0.262. The fourth-order valence-corrected chi connectivity index (χ4v) is 4.05. The molecule has 10 heteroatoms. The molecule has 1 amide bonds. The number of primary amides is 1. The second-order valence-electron chi connectivity index (χ2n) is 8.00. The molecule has 0 spiro atoms. The van der Waals surface area contributed by atoms with Crippen LogP contribution in [0.4, 0.5) is 11.5 Å². The number of anilines is 2.